The van der Waals surface area contributed by atoms with Crippen LogP contribution in [0, 0.1) is 0 Å². The monoisotopic (exact) mass is 352 g/mol. The number of hydrogen-bond donors (Lipinski definition) is 0. The van der Waals surface area contributed by atoms with E-state index < -0.39 is 34.8 Å². The normalized spacial score (nSPS) is 19.3. The van der Waals surface area contributed by atoms with Gasteiger partial charge in [0, 0.05) is 5.57 Å². The quantitative estimate of drug-likeness (QED) is 0.677. The van der Waals surface area contributed by atoms with Gasteiger partial charge in [-0.1, -0.05) is 6.08 Å². The Hall–Kier alpha value is -2.12. The highest BCUT2D eigenvalue weighted by molar-refractivity contribution is 5.40. The van der Waals surface area contributed by atoms with Crippen molar-refractivity contribution < 1.29 is 35.8 Å². The minimum absolute atomic E-state index is 0.265. The van der Waals surface area contributed by atoms with Gasteiger partial charge in [-0.15, -0.1) is 0 Å². The van der Waals surface area contributed by atoms with Crippen LogP contribution in [0.2, 0.25) is 0 Å². The van der Waals surface area contributed by atoms with Crippen molar-refractivity contribution in [1.29, 1.82) is 0 Å². The molecule has 2 rings (SSSR count). The fourth-order valence-corrected chi connectivity index (χ4v) is 2.09. The van der Waals surface area contributed by atoms with Gasteiger partial charge in [-0.3, -0.25) is 0 Å². The molecule has 0 fully saturated rings. The molecule has 0 radical (unpaired) electrons. The third kappa shape index (κ3) is 3.09. The number of ether oxygens (including phenoxy) is 2. The van der Waals surface area contributed by atoms with Crippen LogP contribution in [0.15, 0.2) is 47.6 Å². The van der Waals surface area contributed by atoms with Gasteiger partial charge >= 0.3 is 18.0 Å². The zero-order valence-corrected chi connectivity index (χ0v) is 12.8. The first-order valence-corrected chi connectivity index (χ1v) is 6.97. The maximum Gasteiger partial charge on any atom is 0.428 e. The predicted molar refractivity (Wildman–Crippen MR) is 74.9 cm³/mol. The van der Waals surface area contributed by atoms with Gasteiger partial charge in [0.1, 0.15) is 17.1 Å². The van der Waals surface area contributed by atoms with Crippen LogP contribution < -0.4 is 9.47 Å². The van der Waals surface area contributed by atoms with E-state index in [0.717, 1.165) is 19.1 Å². The van der Waals surface area contributed by atoms with Crippen molar-refractivity contribution >= 4 is 0 Å². The Morgan fingerprint density at radius 2 is 1.46 bits per heavy atom. The number of halogens is 6. The lowest BCUT2D eigenvalue weighted by Gasteiger charge is -2.34. The molecule has 1 aliphatic rings. The molecule has 0 heterocycles. The standard InChI is InChI=1S/C16H14F6O2/c1-3-23-11-5-7-12(8-6-11)24-16(21,22)13-9-4-10(2)14(17,18)15(13,19)20/h4-9H,3H2,1-2H3. The molecular formula is C16H14F6O2. The lowest BCUT2D eigenvalue weighted by Crippen LogP contribution is -2.50. The Kier molecular flexibility index (Phi) is 4.61. The van der Waals surface area contributed by atoms with Gasteiger partial charge in [-0.25, -0.2) is 0 Å². The maximum absolute atomic E-state index is 14.0. The minimum atomic E-state index is -5.07. The molecule has 0 spiro atoms. The highest BCUT2D eigenvalue weighted by atomic mass is 19.3. The summed E-state index contributed by atoms with van der Waals surface area (Å²) in [5.41, 5.74) is -3.10. The number of allylic oxidation sites excluding steroid dienone is 3. The first-order valence-electron chi connectivity index (χ1n) is 6.97. The largest absolute Gasteiger partial charge is 0.494 e. The Balaban J connectivity index is 2.29. The third-order valence-electron chi connectivity index (χ3n) is 3.42. The van der Waals surface area contributed by atoms with Crippen molar-refractivity contribution in [3.8, 4) is 11.5 Å². The van der Waals surface area contributed by atoms with Crippen molar-refractivity contribution in [2.24, 2.45) is 0 Å². The fraction of sp³-hybridized carbons (Fsp3) is 0.375. The Labute approximate surface area is 134 Å². The number of rotatable bonds is 5. The summed E-state index contributed by atoms with van der Waals surface area (Å²) in [4.78, 5) is 0. The van der Waals surface area contributed by atoms with E-state index in [2.05, 4.69) is 4.74 Å². The molecule has 1 aromatic rings. The van der Waals surface area contributed by atoms with Gasteiger partial charge in [0.2, 0.25) is 0 Å². The van der Waals surface area contributed by atoms with Gasteiger partial charge in [0.05, 0.1) is 6.61 Å². The number of hydrogen-bond acceptors (Lipinski definition) is 2. The summed E-state index contributed by atoms with van der Waals surface area (Å²) in [5, 5.41) is 0. The van der Waals surface area contributed by atoms with Crippen LogP contribution in [0.25, 0.3) is 0 Å². The van der Waals surface area contributed by atoms with Gasteiger partial charge in [-0.2, -0.15) is 26.3 Å². The third-order valence-corrected chi connectivity index (χ3v) is 3.42. The highest BCUT2D eigenvalue weighted by Crippen LogP contribution is 2.51. The molecule has 1 aliphatic carbocycles. The summed E-state index contributed by atoms with van der Waals surface area (Å²) in [6.45, 7) is 2.80. The van der Waals surface area contributed by atoms with Crippen molar-refractivity contribution in [2.75, 3.05) is 6.61 Å². The number of benzene rings is 1. The van der Waals surface area contributed by atoms with E-state index >= 15 is 0 Å². The van der Waals surface area contributed by atoms with Crippen molar-refractivity contribution in [3.05, 3.63) is 47.6 Å². The van der Waals surface area contributed by atoms with Crippen LogP contribution in [0.4, 0.5) is 26.3 Å². The van der Waals surface area contributed by atoms with Crippen molar-refractivity contribution in [3.63, 3.8) is 0 Å². The van der Waals surface area contributed by atoms with E-state index in [1.807, 2.05) is 0 Å². The lowest BCUT2D eigenvalue weighted by molar-refractivity contribution is -0.219. The highest BCUT2D eigenvalue weighted by Gasteiger charge is 2.67. The number of alkyl halides is 6. The zero-order valence-electron chi connectivity index (χ0n) is 12.8. The molecule has 132 valence electrons. The Morgan fingerprint density at radius 3 is 2.00 bits per heavy atom. The average Bonchev–Trinajstić information content (AvgIpc) is 2.47. The van der Waals surface area contributed by atoms with Crippen molar-refractivity contribution in [2.45, 2.75) is 31.8 Å². The second-order valence-corrected chi connectivity index (χ2v) is 5.10. The average molecular weight is 352 g/mol. The molecule has 8 heteroatoms. The molecule has 24 heavy (non-hydrogen) atoms. The smallest absolute Gasteiger partial charge is 0.428 e. The second kappa shape index (κ2) is 6.07. The molecule has 0 amide bonds. The van der Waals surface area contributed by atoms with E-state index in [4.69, 9.17) is 4.74 Å². The topological polar surface area (TPSA) is 18.5 Å². The molecule has 1 aromatic carbocycles. The van der Waals surface area contributed by atoms with E-state index in [9.17, 15) is 26.3 Å². The molecule has 0 N–H and O–H groups in total. The van der Waals surface area contributed by atoms with E-state index in [1.54, 1.807) is 6.92 Å². The molecule has 0 saturated heterocycles. The summed E-state index contributed by atoms with van der Waals surface area (Å²) < 4.78 is 92.2. The molecule has 0 saturated carbocycles. The second-order valence-electron chi connectivity index (χ2n) is 5.10. The molecule has 0 bridgehead atoms. The molecule has 0 aliphatic heterocycles. The van der Waals surface area contributed by atoms with Gasteiger partial charge in [0.15, 0.2) is 0 Å². The SMILES string of the molecule is CCOc1ccc(OC(F)(F)C2=CC=C(C)C(F)(F)C2(F)F)cc1. The van der Waals surface area contributed by atoms with Crippen molar-refractivity contribution in [1.82, 2.24) is 0 Å². The molecule has 0 unspecified atom stereocenters. The van der Waals surface area contributed by atoms with Crippen LogP contribution in [-0.4, -0.2) is 24.6 Å². The van der Waals surface area contributed by atoms with Crippen LogP contribution >= 0.6 is 0 Å². The summed E-state index contributed by atoms with van der Waals surface area (Å²) in [6.07, 6.45) is -3.82. The van der Waals surface area contributed by atoms with Gasteiger partial charge in [0.25, 0.3) is 0 Å². The van der Waals surface area contributed by atoms with Crippen LogP contribution in [0.1, 0.15) is 13.8 Å². The fourth-order valence-electron chi connectivity index (χ4n) is 2.09. The summed E-state index contributed by atoms with van der Waals surface area (Å²) in [6, 6.07) is 4.72. The summed E-state index contributed by atoms with van der Waals surface area (Å²) in [7, 11) is 0. The van der Waals surface area contributed by atoms with E-state index in [1.165, 1.54) is 12.1 Å². The molecule has 2 nitrogen and oxygen atoms in total. The minimum Gasteiger partial charge on any atom is -0.494 e. The molecule has 0 aromatic heterocycles. The Morgan fingerprint density at radius 1 is 0.917 bits per heavy atom. The van der Waals surface area contributed by atoms with Crippen LogP contribution in [0.3, 0.4) is 0 Å². The summed E-state index contributed by atoms with van der Waals surface area (Å²) >= 11 is 0. The van der Waals surface area contributed by atoms with Gasteiger partial charge < -0.3 is 9.47 Å². The first-order chi connectivity index (χ1) is 11.0. The first kappa shape index (κ1) is 18.2. The molecular weight excluding hydrogens is 338 g/mol. The predicted octanol–water partition coefficient (Wildman–Crippen LogP) is 5.21. The van der Waals surface area contributed by atoms with Gasteiger partial charge in [-0.05, 0) is 44.2 Å². The maximum atomic E-state index is 14.0. The molecule has 0 atom stereocenters. The summed E-state index contributed by atoms with van der Waals surface area (Å²) in [5.74, 6) is -9.89. The lowest BCUT2D eigenvalue weighted by atomic mass is 9.90. The van der Waals surface area contributed by atoms with Crippen LogP contribution in [-0.2, 0) is 0 Å². The zero-order chi connectivity index (χ0) is 18.2. The van der Waals surface area contributed by atoms with Crippen LogP contribution in [0.5, 0.6) is 11.5 Å². The van der Waals surface area contributed by atoms with E-state index in [-0.39, 0.29) is 6.08 Å². The van der Waals surface area contributed by atoms with E-state index in [0.29, 0.717) is 18.4 Å². The Bertz CT molecular complexity index is 662.